The minimum atomic E-state index is -0.950. The van der Waals surface area contributed by atoms with Gasteiger partial charge in [-0.2, -0.15) is 0 Å². The number of piperazine rings is 1. The molecule has 0 radical (unpaired) electrons. The number of nitrogens with zero attached hydrogens (tertiary/aromatic N) is 2. The van der Waals surface area contributed by atoms with Crippen LogP contribution < -0.4 is 0 Å². The Morgan fingerprint density at radius 3 is 2.14 bits per heavy atom. The maximum atomic E-state index is 12.4. The van der Waals surface area contributed by atoms with Gasteiger partial charge >= 0.3 is 5.97 Å². The number of carboxylic acid groups (broad SMARTS) is 1. The van der Waals surface area contributed by atoms with E-state index in [0.29, 0.717) is 12.0 Å². The predicted molar refractivity (Wildman–Crippen MR) is 85.7 cm³/mol. The van der Waals surface area contributed by atoms with Crippen LogP contribution in [0.1, 0.15) is 29.3 Å². The van der Waals surface area contributed by atoms with Crippen molar-refractivity contribution >= 4 is 17.4 Å². The molecular weight excluding hydrogens is 280 g/mol. The molecule has 0 spiro atoms. The summed E-state index contributed by atoms with van der Waals surface area (Å²) in [4.78, 5) is 27.3. The highest BCUT2D eigenvalue weighted by Crippen LogP contribution is 2.19. The van der Waals surface area contributed by atoms with E-state index in [9.17, 15) is 9.59 Å². The first-order valence-corrected chi connectivity index (χ1v) is 7.53. The monoisotopic (exact) mass is 302 g/mol. The van der Waals surface area contributed by atoms with Crippen LogP contribution in [0.15, 0.2) is 30.3 Å². The second-order valence-electron chi connectivity index (χ2n) is 5.53. The van der Waals surface area contributed by atoms with E-state index in [0.717, 1.165) is 37.3 Å². The van der Waals surface area contributed by atoms with Gasteiger partial charge in [0.1, 0.15) is 0 Å². The number of carbonyl (C=O) groups excluding carboxylic acids is 1. The third-order valence-corrected chi connectivity index (χ3v) is 3.97. The van der Waals surface area contributed by atoms with Crippen LogP contribution in [0.2, 0.25) is 0 Å². The topological polar surface area (TPSA) is 60.9 Å². The Hall–Kier alpha value is -2.14. The molecule has 5 nitrogen and oxygen atoms in total. The van der Waals surface area contributed by atoms with Gasteiger partial charge in [0.25, 0.3) is 5.91 Å². The number of aliphatic carboxylic acids is 1. The van der Waals surface area contributed by atoms with E-state index in [-0.39, 0.29) is 5.91 Å². The number of amides is 1. The van der Waals surface area contributed by atoms with Crippen LogP contribution in [0, 0.1) is 0 Å². The van der Waals surface area contributed by atoms with Crippen molar-refractivity contribution in [3.63, 3.8) is 0 Å². The van der Waals surface area contributed by atoms with Crippen LogP contribution in [0.25, 0.3) is 5.57 Å². The number of carbonyl (C=O) groups is 2. The summed E-state index contributed by atoms with van der Waals surface area (Å²) >= 11 is 0. The van der Waals surface area contributed by atoms with Crippen molar-refractivity contribution in [2.45, 2.75) is 13.3 Å². The first kappa shape index (κ1) is 16.2. The van der Waals surface area contributed by atoms with Gasteiger partial charge in [-0.1, -0.05) is 19.1 Å². The van der Waals surface area contributed by atoms with Gasteiger partial charge in [0.2, 0.25) is 0 Å². The number of hydrogen-bond acceptors (Lipinski definition) is 3. The van der Waals surface area contributed by atoms with Gasteiger partial charge in [-0.05, 0) is 36.7 Å². The number of hydrogen-bond donors (Lipinski definition) is 1. The fourth-order valence-corrected chi connectivity index (χ4v) is 2.56. The molecule has 1 aliphatic heterocycles. The first-order chi connectivity index (χ1) is 10.5. The van der Waals surface area contributed by atoms with Gasteiger partial charge in [-0.15, -0.1) is 0 Å². The minimum Gasteiger partial charge on any atom is -0.478 e. The van der Waals surface area contributed by atoms with E-state index in [1.165, 1.54) is 6.08 Å². The van der Waals surface area contributed by atoms with Gasteiger partial charge in [-0.25, -0.2) is 4.79 Å². The summed E-state index contributed by atoms with van der Waals surface area (Å²) in [6, 6.07) is 7.20. The summed E-state index contributed by atoms with van der Waals surface area (Å²) in [6.07, 6.45) is 1.86. The predicted octanol–water partition coefficient (Wildman–Crippen LogP) is 1.95. The van der Waals surface area contributed by atoms with E-state index in [4.69, 9.17) is 5.11 Å². The molecule has 1 saturated heterocycles. The fraction of sp³-hybridized carbons (Fsp3) is 0.412. The summed E-state index contributed by atoms with van der Waals surface area (Å²) in [6.45, 7) is 5.20. The Labute approximate surface area is 130 Å². The van der Waals surface area contributed by atoms with Crippen LogP contribution in [0.3, 0.4) is 0 Å². The molecule has 0 bridgehead atoms. The highest BCUT2D eigenvalue weighted by molar-refractivity contribution is 5.95. The van der Waals surface area contributed by atoms with Crippen LogP contribution >= 0.6 is 0 Å². The highest BCUT2D eigenvalue weighted by Gasteiger charge is 2.20. The maximum Gasteiger partial charge on any atom is 0.328 e. The van der Waals surface area contributed by atoms with Crippen LogP contribution in [-0.2, 0) is 4.79 Å². The summed E-state index contributed by atoms with van der Waals surface area (Å²) in [7, 11) is 2.05. The zero-order valence-corrected chi connectivity index (χ0v) is 13.1. The molecule has 0 saturated carbocycles. The fourth-order valence-electron chi connectivity index (χ4n) is 2.56. The highest BCUT2D eigenvalue weighted by atomic mass is 16.4. The van der Waals surface area contributed by atoms with E-state index < -0.39 is 5.97 Å². The molecule has 1 aromatic carbocycles. The molecule has 118 valence electrons. The van der Waals surface area contributed by atoms with Gasteiger partial charge in [0.15, 0.2) is 0 Å². The first-order valence-electron chi connectivity index (χ1n) is 7.53. The Morgan fingerprint density at radius 1 is 1.09 bits per heavy atom. The second kappa shape index (κ2) is 7.22. The van der Waals surface area contributed by atoms with Gasteiger partial charge in [-0.3, -0.25) is 4.79 Å². The summed E-state index contributed by atoms with van der Waals surface area (Å²) in [5.41, 5.74) is 2.25. The maximum absolute atomic E-state index is 12.4. The van der Waals surface area contributed by atoms with E-state index in [2.05, 4.69) is 11.9 Å². The van der Waals surface area contributed by atoms with Gasteiger partial charge in [0, 0.05) is 37.8 Å². The molecule has 0 aliphatic carbocycles. The molecule has 0 unspecified atom stereocenters. The van der Waals surface area contributed by atoms with Crippen molar-refractivity contribution in [3.8, 4) is 0 Å². The smallest absolute Gasteiger partial charge is 0.328 e. The van der Waals surface area contributed by atoms with Crippen LogP contribution in [-0.4, -0.2) is 60.0 Å². The van der Waals surface area contributed by atoms with Crippen LogP contribution in [0.4, 0.5) is 0 Å². The summed E-state index contributed by atoms with van der Waals surface area (Å²) in [5, 5.41) is 8.87. The Kier molecular flexibility index (Phi) is 5.33. The molecule has 1 N–H and O–H groups in total. The molecular formula is C17H22N2O3. The number of benzene rings is 1. The number of likely N-dealkylation sites (N-methyl/N-ethyl adjacent to an activating group) is 1. The average Bonchev–Trinajstić information content (AvgIpc) is 2.52. The summed E-state index contributed by atoms with van der Waals surface area (Å²) in [5.74, 6) is -0.908. The van der Waals surface area contributed by atoms with Crippen LogP contribution in [0.5, 0.6) is 0 Å². The normalized spacial score (nSPS) is 16.6. The van der Waals surface area contributed by atoms with Gasteiger partial charge in [0.05, 0.1) is 0 Å². The van der Waals surface area contributed by atoms with Crippen molar-refractivity contribution in [1.82, 2.24) is 9.80 Å². The molecule has 1 aliphatic rings. The third-order valence-electron chi connectivity index (χ3n) is 3.97. The molecule has 1 heterocycles. The van der Waals surface area contributed by atoms with Gasteiger partial charge < -0.3 is 14.9 Å². The number of allylic oxidation sites excluding steroid dienone is 1. The quantitative estimate of drug-likeness (QED) is 0.864. The van der Waals surface area contributed by atoms with Crippen molar-refractivity contribution in [1.29, 1.82) is 0 Å². The number of rotatable bonds is 4. The lowest BCUT2D eigenvalue weighted by Crippen LogP contribution is -2.47. The molecule has 1 amide bonds. The SMILES string of the molecule is CC/C(=C\C(=O)O)c1ccc(C(=O)N2CCN(C)CC2)cc1. The largest absolute Gasteiger partial charge is 0.478 e. The lowest BCUT2D eigenvalue weighted by molar-refractivity contribution is -0.131. The van der Waals surface area contributed by atoms with Crippen molar-refractivity contribution in [2.75, 3.05) is 33.2 Å². The van der Waals surface area contributed by atoms with E-state index >= 15 is 0 Å². The summed E-state index contributed by atoms with van der Waals surface area (Å²) < 4.78 is 0. The molecule has 0 atom stereocenters. The standard InChI is InChI=1S/C17H22N2O3/c1-3-13(12-16(20)21)14-4-6-15(7-5-14)17(22)19-10-8-18(2)9-11-19/h4-7,12H,3,8-11H2,1-2H3,(H,20,21)/b13-12+. The molecule has 1 aromatic rings. The average molecular weight is 302 g/mol. The van der Waals surface area contributed by atoms with Crippen molar-refractivity contribution in [3.05, 3.63) is 41.5 Å². The van der Waals surface area contributed by atoms with E-state index in [1.807, 2.05) is 24.0 Å². The lowest BCUT2D eigenvalue weighted by atomic mass is 10.0. The second-order valence-corrected chi connectivity index (χ2v) is 5.53. The number of carboxylic acids is 1. The van der Waals surface area contributed by atoms with E-state index in [1.54, 1.807) is 12.1 Å². The molecule has 1 fully saturated rings. The zero-order valence-electron chi connectivity index (χ0n) is 13.1. The lowest BCUT2D eigenvalue weighted by Gasteiger charge is -2.32. The zero-order chi connectivity index (χ0) is 16.1. The molecule has 22 heavy (non-hydrogen) atoms. The molecule has 2 rings (SSSR count). The molecule has 5 heteroatoms. The third kappa shape index (κ3) is 3.95. The minimum absolute atomic E-state index is 0.0416. The molecule has 0 aromatic heterocycles. The Balaban J connectivity index is 2.11. The Bertz CT molecular complexity index is 570. The Morgan fingerprint density at radius 2 is 1.64 bits per heavy atom. The van der Waals surface area contributed by atoms with Crippen molar-refractivity contribution < 1.29 is 14.7 Å². The van der Waals surface area contributed by atoms with Crippen molar-refractivity contribution in [2.24, 2.45) is 0 Å².